The van der Waals surface area contributed by atoms with Gasteiger partial charge in [0.1, 0.15) is 27.0 Å². The number of nitrogens with zero attached hydrogens (tertiary/aromatic N) is 3. The summed E-state index contributed by atoms with van der Waals surface area (Å²) < 4.78 is 47.0. The SMILES string of the molecule is CCOC(=O)c1c(NC(=O)COC(=O)C2CCCCN2S(=O)(=O)c2cccc3nsnc23)sc2c1CCCC2. The van der Waals surface area contributed by atoms with Crippen molar-refractivity contribution in [3.8, 4) is 0 Å². The Morgan fingerprint density at radius 3 is 2.74 bits per heavy atom. The van der Waals surface area contributed by atoms with E-state index in [9.17, 15) is 22.8 Å². The standard InChI is InChI=1S/C25H28N4O7S3/c1-2-35-25(32)21-15-8-3-4-11-18(15)37-23(21)26-20(30)14-36-24(31)17-10-5-6-13-29(17)39(33,34)19-12-7-9-16-22(19)28-38-27-16/h7,9,12,17H,2-6,8,10-11,13-14H2,1H3,(H,26,30). The number of ether oxygens (including phenoxy) is 2. The molecule has 1 fully saturated rings. The quantitative estimate of drug-likeness (QED) is 0.388. The number of aryl methyl sites for hydroxylation is 1. The first-order valence-electron chi connectivity index (χ1n) is 12.8. The van der Waals surface area contributed by atoms with Crippen molar-refractivity contribution < 1.29 is 32.3 Å². The predicted octanol–water partition coefficient (Wildman–Crippen LogP) is 3.53. The summed E-state index contributed by atoms with van der Waals surface area (Å²) in [5.41, 5.74) is 2.00. The van der Waals surface area contributed by atoms with Crippen LogP contribution in [0.3, 0.4) is 0 Å². The highest BCUT2D eigenvalue weighted by Gasteiger charge is 2.40. The van der Waals surface area contributed by atoms with Crippen LogP contribution in [-0.2, 0) is 41.9 Å². The molecular weight excluding hydrogens is 564 g/mol. The molecule has 1 aliphatic carbocycles. The van der Waals surface area contributed by atoms with Crippen molar-refractivity contribution in [2.24, 2.45) is 0 Å². The number of benzene rings is 1. The maximum atomic E-state index is 13.6. The molecule has 1 aliphatic heterocycles. The monoisotopic (exact) mass is 592 g/mol. The van der Waals surface area contributed by atoms with Gasteiger partial charge in [0.15, 0.2) is 6.61 Å². The van der Waals surface area contributed by atoms with Crippen LogP contribution in [0, 0.1) is 0 Å². The van der Waals surface area contributed by atoms with E-state index in [-0.39, 0.29) is 30.0 Å². The third-order valence-corrected chi connectivity index (χ3v) is 10.5. The normalized spacial score (nSPS) is 17.9. The first-order chi connectivity index (χ1) is 18.8. The topological polar surface area (TPSA) is 145 Å². The number of hydrogen-bond donors (Lipinski definition) is 1. The second-order valence-corrected chi connectivity index (χ2v) is 12.8. The molecule has 1 aromatic carbocycles. The zero-order chi connectivity index (χ0) is 27.6. The Hall–Kier alpha value is -2.94. The largest absolute Gasteiger partial charge is 0.462 e. The number of anilines is 1. The number of amides is 1. The Labute approximate surface area is 233 Å². The van der Waals surface area contributed by atoms with Crippen molar-refractivity contribution in [2.45, 2.75) is 62.8 Å². The lowest BCUT2D eigenvalue weighted by atomic mass is 9.95. The van der Waals surface area contributed by atoms with Crippen molar-refractivity contribution in [1.82, 2.24) is 13.1 Å². The molecular formula is C25H28N4O7S3. The van der Waals surface area contributed by atoms with Crippen molar-refractivity contribution in [2.75, 3.05) is 25.1 Å². The fourth-order valence-corrected chi connectivity index (χ4v) is 8.71. The Bertz CT molecular complexity index is 1510. The molecule has 0 bridgehead atoms. The van der Waals surface area contributed by atoms with Gasteiger partial charge in [-0.3, -0.25) is 9.59 Å². The lowest BCUT2D eigenvalue weighted by molar-refractivity contribution is -0.152. The van der Waals surface area contributed by atoms with Crippen LogP contribution < -0.4 is 5.32 Å². The molecule has 1 unspecified atom stereocenters. The Morgan fingerprint density at radius 2 is 1.92 bits per heavy atom. The zero-order valence-electron chi connectivity index (χ0n) is 21.3. The molecule has 3 heterocycles. The molecule has 3 aromatic rings. The minimum atomic E-state index is -4.08. The Balaban J connectivity index is 1.29. The lowest BCUT2D eigenvalue weighted by Gasteiger charge is -2.32. The predicted molar refractivity (Wildman–Crippen MR) is 145 cm³/mol. The van der Waals surface area contributed by atoms with Gasteiger partial charge in [0.25, 0.3) is 5.91 Å². The van der Waals surface area contributed by atoms with Crippen LogP contribution in [-0.4, -0.2) is 65.1 Å². The van der Waals surface area contributed by atoms with E-state index < -0.39 is 40.5 Å². The van der Waals surface area contributed by atoms with E-state index in [1.54, 1.807) is 19.1 Å². The number of nitrogens with one attached hydrogen (secondary N) is 1. The number of piperidine rings is 1. The number of carbonyl (C=O) groups excluding carboxylic acids is 3. The number of carbonyl (C=O) groups is 3. The zero-order valence-corrected chi connectivity index (χ0v) is 23.8. The molecule has 11 nitrogen and oxygen atoms in total. The van der Waals surface area contributed by atoms with Gasteiger partial charge in [-0.05, 0) is 69.6 Å². The number of fused-ring (bicyclic) bond motifs is 2. The van der Waals surface area contributed by atoms with E-state index in [1.807, 2.05) is 0 Å². The number of thiophene rings is 1. The maximum absolute atomic E-state index is 13.6. The maximum Gasteiger partial charge on any atom is 0.341 e. The first-order valence-corrected chi connectivity index (χ1v) is 15.8. The van der Waals surface area contributed by atoms with Crippen LogP contribution in [0.15, 0.2) is 23.1 Å². The highest BCUT2D eigenvalue weighted by Crippen LogP contribution is 2.38. The lowest BCUT2D eigenvalue weighted by Crippen LogP contribution is -2.49. The van der Waals surface area contributed by atoms with Crippen LogP contribution in [0.25, 0.3) is 11.0 Å². The molecule has 2 aliphatic rings. The molecule has 1 amide bonds. The summed E-state index contributed by atoms with van der Waals surface area (Å²) in [5, 5.41) is 3.09. The fraction of sp³-hybridized carbons (Fsp3) is 0.480. The van der Waals surface area contributed by atoms with Crippen molar-refractivity contribution in [3.05, 3.63) is 34.2 Å². The molecule has 2 aromatic heterocycles. The molecule has 1 atom stereocenters. The van der Waals surface area contributed by atoms with Gasteiger partial charge >= 0.3 is 11.9 Å². The second-order valence-electron chi connectivity index (χ2n) is 9.31. The minimum absolute atomic E-state index is 0.0145. The van der Waals surface area contributed by atoms with Gasteiger partial charge in [0.05, 0.1) is 23.9 Å². The molecule has 0 radical (unpaired) electrons. The van der Waals surface area contributed by atoms with Gasteiger partial charge in [-0.25, -0.2) is 13.2 Å². The molecule has 0 saturated carbocycles. The molecule has 5 rings (SSSR count). The van der Waals surface area contributed by atoms with Crippen LogP contribution >= 0.6 is 23.1 Å². The Kier molecular flexibility index (Phi) is 8.26. The van der Waals surface area contributed by atoms with E-state index in [1.165, 1.54) is 17.4 Å². The molecule has 1 saturated heterocycles. The van der Waals surface area contributed by atoms with Crippen molar-refractivity contribution >= 4 is 67.0 Å². The average molecular weight is 593 g/mol. The van der Waals surface area contributed by atoms with Crippen LogP contribution in [0.2, 0.25) is 0 Å². The summed E-state index contributed by atoms with van der Waals surface area (Å²) in [5.74, 6) is -1.90. The third kappa shape index (κ3) is 5.55. The second kappa shape index (κ2) is 11.7. The van der Waals surface area contributed by atoms with Gasteiger partial charge in [-0.1, -0.05) is 6.07 Å². The average Bonchev–Trinajstić information content (AvgIpc) is 3.56. The van der Waals surface area contributed by atoms with Gasteiger partial charge < -0.3 is 14.8 Å². The van der Waals surface area contributed by atoms with E-state index in [4.69, 9.17) is 9.47 Å². The summed E-state index contributed by atoms with van der Waals surface area (Å²) in [6.07, 6.45) is 5.04. The highest BCUT2D eigenvalue weighted by atomic mass is 32.2. The van der Waals surface area contributed by atoms with E-state index >= 15 is 0 Å². The molecule has 1 N–H and O–H groups in total. The molecule has 208 valence electrons. The first kappa shape index (κ1) is 27.6. The van der Waals surface area contributed by atoms with E-state index in [0.717, 1.165) is 52.2 Å². The Morgan fingerprint density at radius 1 is 1.10 bits per heavy atom. The number of rotatable bonds is 8. The third-order valence-electron chi connectivity index (χ3n) is 6.81. The van der Waals surface area contributed by atoms with Gasteiger partial charge in [-0.15, -0.1) is 11.3 Å². The molecule has 39 heavy (non-hydrogen) atoms. The van der Waals surface area contributed by atoms with Gasteiger partial charge in [0, 0.05) is 11.4 Å². The minimum Gasteiger partial charge on any atom is -0.462 e. The summed E-state index contributed by atoms with van der Waals surface area (Å²) in [4.78, 5) is 39.5. The smallest absolute Gasteiger partial charge is 0.341 e. The van der Waals surface area contributed by atoms with E-state index in [2.05, 4.69) is 14.1 Å². The van der Waals surface area contributed by atoms with Crippen LogP contribution in [0.4, 0.5) is 5.00 Å². The number of sulfonamides is 1. The fourth-order valence-electron chi connectivity index (χ4n) is 5.01. The van der Waals surface area contributed by atoms with Gasteiger partial charge in [-0.2, -0.15) is 13.1 Å². The van der Waals surface area contributed by atoms with Gasteiger partial charge in [0.2, 0.25) is 10.0 Å². The molecule has 0 spiro atoms. The summed E-state index contributed by atoms with van der Waals surface area (Å²) >= 11 is 2.25. The summed E-state index contributed by atoms with van der Waals surface area (Å²) in [7, 11) is -4.08. The summed E-state index contributed by atoms with van der Waals surface area (Å²) in [6, 6.07) is 3.65. The number of aromatic nitrogens is 2. The number of hydrogen-bond acceptors (Lipinski definition) is 11. The summed E-state index contributed by atoms with van der Waals surface area (Å²) in [6.45, 7) is 1.46. The highest BCUT2D eigenvalue weighted by molar-refractivity contribution is 7.89. The molecule has 14 heteroatoms. The van der Waals surface area contributed by atoms with Crippen molar-refractivity contribution in [3.63, 3.8) is 0 Å². The van der Waals surface area contributed by atoms with Crippen LogP contribution in [0.5, 0.6) is 0 Å². The van der Waals surface area contributed by atoms with Crippen molar-refractivity contribution in [1.29, 1.82) is 0 Å². The number of esters is 2. The van der Waals surface area contributed by atoms with Crippen LogP contribution in [0.1, 0.15) is 59.8 Å². The van der Waals surface area contributed by atoms with E-state index in [0.29, 0.717) is 28.9 Å².